The first-order chi connectivity index (χ1) is 11.2. The zero-order chi connectivity index (χ0) is 16.1. The Morgan fingerprint density at radius 2 is 2.26 bits per heavy atom. The van der Waals surface area contributed by atoms with E-state index in [0.29, 0.717) is 6.54 Å². The number of fused-ring (bicyclic) bond motifs is 1. The average Bonchev–Trinajstić information content (AvgIpc) is 2.94. The number of nitrogens with one attached hydrogen (secondary N) is 1. The molecule has 3 rings (SSSR count). The van der Waals surface area contributed by atoms with Gasteiger partial charge in [0.15, 0.2) is 0 Å². The van der Waals surface area contributed by atoms with Gasteiger partial charge in [-0.05, 0) is 43.7 Å². The van der Waals surface area contributed by atoms with E-state index in [1.54, 1.807) is 4.68 Å². The molecule has 6 heteroatoms. The summed E-state index contributed by atoms with van der Waals surface area (Å²) in [5, 5.41) is 7.56. The van der Waals surface area contributed by atoms with Crippen LogP contribution in [0.5, 0.6) is 0 Å². The van der Waals surface area contributed by atoms with E-state index in [-0.39, 0.29) is 5.91 Å². The van der Waals surface area contributed by atoms with Crippen LogP contribution < -0.4 is 5.32 Å². The van der Waals surface area contributed by atoms with Gasteiger partial charge >= 0.3 is 0 Å². The second kappa shape index (κ2) is 7.93. The molecule has 2 heterocycles. The van der Waals surface area contributed by atoms with Crippen molar-refractivity contribution >= 4 is 5.91 Å². The molecule has 0 aromatic carbocycles. The molecule has 128 valence electrons. The molecule has 1 aliphatic carbocycles. The van der Waals surface area contributed by atoms with Crippen LogP contribution in [-0.2, 0) is 28.9 Å². The Hall–Kier alpha value is -1.40. The van der Waals surface area contributed by atoms with Crippen LogP contribution in [0.4, 0.5) is 0 Å². The predicted molar refractivity (Wildman–Crippen MR) is 88.3 cm³/mol. The summed E-state index contributed by atoms with van der Waals surface area (Å²) in [7, 11) is 0. The first-order valence-electron chi connectivity index (χ1n) is 8.82. The van der Waals surface area contributed by atoms with E-state index in [1.165, 1.54) is 17.7 Å². The lowest BCUT2D eigenvalue weighted by Gasteiger charge is -2.26. The maximum atomic E-state index is 12.0. The topological polar surface area (TPSA) is 59.4 Å². The fourth-order valence-corrected chi connectivity index (χ4v) is 3.38. The zero-order valence-electron chi connectivity index (χ0n) is 14.1. The molecule has 23 heavy (non-hydrogen) atoms. The lowest BCUT2D eigenvalue weighted by molar-refractivity contribution is -0.121. The molecule has 1 atom stereocenters. The van der Waals surface area contributed by atoms with Crippen molar-refractivity contribution in [3.63, 3.8) is 0 Å². The molecule has 0 bridgehead atoms. The lowest BCUT2D eigenvalue weighted by atomic mass is 9.89. The van der Waals surface area contributed by atoms with Gasteiger partial charge in [0.1, 0.15) is 6.54 Å². The number of carbonyl (C=O) groups is 1. The van der Waals surface area contributed by atoms with Crippen molar-refractivity contribution < 1.29 is 9.53 Å². The second-order valence-electron chi connectivity index (χ2n) is 6.80. The highest BCUT2D eigenvalue weighted by Gasteiger charge is 2.19. The highest BCUT2D eigenvalue weighted by atomic mass is 16.5. The van der Waals surface area contributed by atoms with E-state index >= 15 is 0 Å². The molecule has 1 aliphatic heterocycles. The number of nitrogens with zero attached hydrogens (tertiary/aromatic N) is 3. The minimum absolute atomic E-state index is 0.0554. The van der Waals surface area contributed by atoms with Crippen molar-refractivity contribution in [2.24, 2.45) is 5.92 Å². The maximum absolute atomic E-state index is 12.0. The number of morpholine rings is 1. The smallest absolute Gasteiger partial charge is 0.241 e. The Labute approximate surface area is 138 Å². The van der Waals surface area contributed by atoms with Gasteiger partial charge in [0, 0.05) is 25.8 Å². The summed E-state index contributed by atoms with van der Waals surface area (Å²) in [5.41, 5.74) is 2.51. The number of hydrogen-bond donors (Lipinski definition) is 1. The molecule has 1 saturated heterocycles. The largest absolute Gasteiger partial charge is 0.379 e. The molecule has 1 aromatic heterocycles. The normalized spacial score (nSPS) is 21.9. The Balaban J connectivity index is 1.36. The first-order valence-corrected chi connectivity index (χ1v) is 8.82. The molecule has 1 amide bonds. The molecule has 1 fully saturated rings. The van der Waals surface area contributed by atoms with E-state index in [9.17, 15) is 4.79 Å². The van der Waals surface area contributed by atoms with Crippen molar-refractivity contribution in [1.82, 2.24) is 20.0 Å². The Kier molecular flexibility index (Phi) is 5.67. The summed E-state index contributed by atoms with van der Waals surface area (Å²) in [6.45, 7) is 8.03. The number of ether oxygens (including phenoxy) is 1. The highest BCUT2D eigenvalue weighted by Crippen LogP contribution is 2.23. The van der Waals surface area contributed by atoms with Gasteiger partial charge in [-0.15, -0.1) is 0 Å². The van der Waals surface area contributed by atoms with Gasteiger partial charge in [-0.2, -0.15) is 5.10 Å². The molecule has 2 aliphatic rings. The molecular formula is C17H28N4O2. The van der Waals surface area contributed by atoms with E-state index in [0.717, 1.165) is 64.6 Å². The van der Waals surface area contributed by atoms with Gasteiger partial charge in [-0.25, -0.2) is 0 Å². The fourth-order valence-electron chi connectivity index (χ4n) is 3.38. The number of carbonyl (C=O) groups excluding carboxylic acids is 1. The quantitative estimate of drug-likeness (QED) is 0.790. The third-order valence-electron chi connectivity index (χ3n) is 4.75. The average molecular weight is 320 g/mol. The van der Waals surface area contributed by atoms with Crippen LogP contribution >= 0.6 is 0 Å². The van der Waals surface area contributed by atoms with Gasteiger partial charge in [0.25, 0.3) is 0 Å². The van der Waals surface area contributed by atoms with Crippen molar-refractivity contribution in [3.05, 3.63) is 17.5 Å². The second-order valence-corrected chi connectivity index (χ2v) is 6.80. The molecule has 0 radical (unpaired) electrons. The Morgan fingerprint density at radius 1 is 1.43 bits per heavy atom. The summed E-state index contributed by atoms with van der Waals surface area (Å²) >= 11 is 0. The Morgan fingerprint density at radius 3 is 3.09 bits per heavy atom. The maximum Gasteiger partial charge on any atom is 0.241 e. The van der Waals surface area contributed by atoms with E-state index in [1.807, 2.05) is 0 Å². The van der Waals surface area contributed by atoms with Crippen molar-refractivity contribution in [1.29, 1.82) is 0 Å². The van der Waals surface area contributed by atoms with Crippen LogP contribution in [0.1, 0.15) is 31.0 Å². The minimum atomic E-state index is 0.0554. The lowest BCUT2D eigenvalue weighted by Crippen LogP contribution is -2.38. The number of aryl methyl sites for hydroxylation is 1. The molecule has 0 unspecified atom stereocenters. The molecule has 1 N–H and O–H groups in total. The molecule has 6 nitrogen and oxygen atoms in total. The van der Waals surface area contributed by atoms with Crippen molar-refractivity contribution in [2.75, 3.05) is 39.4 Å². The number of amides is 1. The zero-order valence-corrected chi connectivity index (χ0v) is 14.1. The van der Waals surface area contributed by atoms with Crippen LogP contribution in [0.15, 0.2) is 6.20 Å². The van der Waals surface area contributed by atoms with Crippen molar-refractivity contribution in [2.45, 2.75) is 39.2 Å². The number of aromatic nitrogens is 2. The highest BCUT2D eigenvalue weighted by molar-refractivity contribution is 5.75. The van der Waals surface area contributed by atoms with Crippen LogP contribution in [0, 0.1) is 5.92 Å². The van der Waals surface area contributed by atoms with Gasteiger partial charge < -0.3 is 10.1 Å². The van der Waals surface area contributed by atoms with Gasteiger partial charge in [0.05, 0.1) is 18.9 Å². The summed E-state index contributed by atoms with van der Waals surface area (Å²) < 4.78 is 7.14. The number of rotatable bonds is 6. The van der Waals surface area contributed by atoms with Gasteiger partial charge in [-0.3, -0.25) is 14.4 Å². The Bertz CT molecular complexity index is 523. The SMILES string of the molecule is C[C@@H]1CCc2nn(CC(=O)NCCCN3CCOCC3)cc2C1. The first kappa shape index (κ1) is 16.5. The molecule has 1 aromatic rings. The fraction of sp³-hybridized carbons (Fsp3) is 0.765. The van der Waals surface area contributed by atoms with Gasteiger partial charge in [0.2, 0.25) is 5.91 Å². The summed E-state index contributed by atoms with van der Waals surface area (Å²) in [5.74, 6) is 0.786. The minimum Gasteiger partial charge on any atom is -0.379 e. The van der Waals surface area contributed by atoms with Crippen LogP contribution in [0.2, 0.25) is 0 Å². The third kappa shape index (κ3) is 4.78. The monoisotopic (exact) mass is 320 g/mol. The van der Waals surface area contributed by atoms with Gasteiger partial charge in [-0.1, -0.05) is 6.92 Å². The summed E-state index contributed by atoms with van der Waals surface area (Å²) in [6, 6.07) is 0. The standard InChI is InChI=1S/C17H28N4O2/c1-14-3-4-16-15(11-14)12-21(19-16)13-17(22)18-5-2-6-20-7-9-23-10-8-20/h12,14H,2-11,13H2,1H3,(H,18,22)/t14-/m1/s1. The predicted octanol–water partition coefficient (Wildman–Crippen LogP) is 0.846. The summed E-state index contributed by atoms with van der Waals surface area (Å²) in [6.07, 6.45) is 6.39. The molecule has 0 spiro atoms. The van der Waals surface area contributed by atoms with Crippen LogP contribution in [0.25, 0.3) is 0 Å². The number of hydrogen-bond acceptors (Lipinski definition) is 4. The third-order valence-corrected chi connectivity index (χ3v) is 4.75. The van der Waals surface area contributed by atoms with E-state index in [4.69, 9.17) is 4.74 Å². The van der Waals surface area contributed by atoms with Crippen molar-refractivity contribution in [3.8, 4) is 0 Å². The summed E-state index contributed by atoms with van der Waals surface area (Å²) in [4.78, 5) is 14.4. The molecular weight excluding hydrogens is 292 g/mol. The van der Waals surface area contributed by atoms with Crippen LogP contribution in [-0.4, -0.2) is 60.0 Å². The van der Waals surface area contributed by atoms with E-state index in [2.05, 4.69) is 28.4 Å². The molecule has 0 saturated carbocycles. The van der Waals surface area contributed by atoms with Crippen LogP contribution in [0.3, 0.4) is 0 Å². The van der Waals surface area contributed by atoms with E-state index < -0.39 is 0 Å².